The van der Waals surface area contributed by atoms with Gasteiger partial charge in [-0.25, -0.2) is 0 Å². The lowest BCUT2D eigenvalue weighted by atomic mass is 9.78. The molecule has 1 aliphatic rings. The third kappa shape index (κ3) is 4.45. The highest BCUT2D eigenvalue weighted by atomic mass is 16.2. The van der Waals surface area contributed by atoms with Crippen molar-refractivity contribution in [3.63, 3.8) is 0 Å². The standard InChI is InChI=1S/C16H33N3O/c1-4-9-16(13-17,10-5-2)15(20)18-14-8-7-11-19(6-3)12-14/h14H,4-13,17H2,1-3H3,(H,18,20). The number of carbonyl (C=O) groups is 1. The highest BCUT2D eigenvalue weighted by molar-refractivity contribution is 5.83. The Morgan fingerprint density at radius 3 is 2.45 bits per heavy atom. The van der Waals surface area contributed by atoms with E-state index >= 15 is 0 Å². The summed E-state index contributed by atoms with van der Waals surface area (Å²) in [5.74, 6) is 0.187. The molecular formula is C16H33N3O. The van der Waals surface area contributed by atoms with E-state index < -0.39 is 0 Å². The Morgan fingerprint density at radius 1 is 1.30 bits per heavy atom. The van der Waals surface area contributed by atoms with Crippen molar-refractivity contribution in [3.05, 3.63) is 0 Å². The molecule has 1 heterocycles. The molecular weight excluding hydrogens is 250 g/mol. The first-order valence-corrected chi connectivity index (χ1v) is 8.35. The average molecular weight is 283 g/mol. The zero-order valence-electron chi connectivity index (χ0n) is 13.6. The Bertz CT molecular complexity index is 287. The number of nitrogens with two attached hydrogens (primary N) is 1. The number of rotatable bonds is 8. The molecule has 118 valence electrons. The van der Waals surface area contributed by atoms with Crippen molar-refractivity contribution in [3.8, 4) is 0 Å². The number of likely N-dealkylation sites (tertiary alicyclic amines) is 1. The number of hydrogen-bond donors (Lipinski definition) is 2. The van der Waals surface area contributed by atoms with Crippen LogP contribution in [0, 0.1) is 5.41 Å². The fourth-order valence-electron chi connectivity index (χ4n) is 3.41. The molecule has 1 amide bonds. The minimum absolute atomic E-state index is 0.187. The van der Waals surface area contributed by atoms with Crippen molar-refractivity contribution in [1.29, 1.82) is 0 Å². The van der Waals surface area contributed by atoms with Gasteiger partial charge in [0.15, 0.2) is 0 Å². The molecule has 1 unspecified atom stereocenters. The Morgan fingerprint density at radius 2 is 1.95 bits per heavy atom. The second-order valence-corrected chi connectivity index (χ2v) is 6.19. The van der Waals surface area contributed by atoms with E-state index in [9.17, 15) is 4.79 Å². The minimum atomic E-state index is -0.349. The van der Waals surface area contributed by atoms with Gasteiger partial charge >= 0.3 is 0 Å². The number of hydrogen-bond acceptors (Lipinski definition) is 3. The number of nitrogens with zero attached hydrogens (tertiary/aromatic N) is 1. The van der Waals surface area contributed by atoms with Gasteiger partial charge in [0.05, 0.1) is 5.41 Å². The smallest absolute Gasteiger partial charge is 0.227 e. The molecule has 0 aromatic heterocycles. The van der Waals surface area contributed by atoms with Gasteiger partial charge in [-0.05, 0) is 38.8 Å². The summed E-state index contributed by atoms with van der Waals surface area (Å²) in [4.78, 5) is 15.1. The van der Waals surface area contributed by atoms with Gasteiger partial charge in [-0.2, -0.15) is 0 Å². The molecule has 0 bridgehead atoms. The lowest BCUT2D eigenvalue weighted by Gasteiger charge is -2.36. The average Bonchev–Trinajstić information content (AvgIpc) is 2.47. The summed E-state index contributed by atoms with van der Waals surface area (Å²) in [6.07, 6.45) is 6.09. The van der Waals surface area contributed by atoms with Gasteiger partial charge in [-0.15, -0.1) is 0 Å². The summed E-state index contributed by atoms with van der Waals surface area (Å²) >= 11 is 0. The molecule has 0 aromatic carbocycles. The van der Waals surface area contributed by atoms with Crippen LogP contribution in [-0.2, 0) is 4.79 Å². The van der Waals surface area contributed by atoms with Gasteiger partial charge in [0, 0.05) is 19.1 Å². The van der Waals surface area contributed by atoms with E-state index in [0.29, 0.717) is 12.6 Å². The van der Waals surface area contributed by atoms with E-state index in [1.807, 2.05) is 0 Å². The molecule has 1 saturated heterocycles. The van der Waals surface area contributed by atoms with Crippen molar-refractivity contribution in [2.24, 2.45) is 11.1 Å². The van der Waals surface area contributed by atoms with Crippen LogP contribution in [0.1, 0.15) is 59.3 Å². The predicted molar refractivity (Wildman–Crippen MR) is 84.6 cm³/mol. The molecule has 0 aromatic rings. The zero-order valence-corrected chi connectivity index (χ0v) is 13.6. The monoisotopic (exact) mass is 283 g/mol. The third-order valence-corrected chi connectivity index (χ3v) is 4.62. The number of likely N-dealkylation sites (N-methyl/N-ethyl adjacent to an activating group) is 1. The first kappa shape index (κ1) is 17.4. The van der Waals surface area contributed by atoms with Crippen LogP contribution in [0.3, 0.4) is 0 Å². The quantitative estimate of drug-likeness (QED) is 0.717. The van der Waals surface area contributed by atoms with Gasteiger partial charge in [-0.3, -0.25) is 4.79 Å². The molecule has 1 rings (SSSR count). The molecule has 4 heteroatoms. The van der Waals surface area contributed by atoms with E-state index in [4.69, 9.17) is 5.73 Å². The van der Waals surface area contributed by atoms with Crippen LogP contribution in [-0.4, -0.2) is 43.0 Å². The fraction of sp³-hybridized carbons (Fsp3) is 0.938. The van der Waals surface area contributed by atoms with Crippen LogP contribution in [0.25, 0.3) is 0 Å². The highest BCUT2D eigenvalue weighted by Gasteiger charge is 2.36. The second-order valence-electron chi connectivity index (χ2n) is 6.19. The van der Waals surface area contributed by atoms with Crippen LogP contribution in [0.2, 0.25) is 0 Å². The fourth-order valence-corrected chi connectivity index (χ4v) is 3.41. The predicted octanol–water partition coefficient (Wildman–Crippen LogP) is 2.13. The molecule has 1 aliphatic heterocycles. The Balaban J connectivity index is 2.65. The number of carbonyl (C=O) groups excluding carboxylic acids is 1. The molecule has 3 N–H and O–H groups in total. The van der Waals surface area contributed by atoms with Crippen molar-refractivity contribution >= 4 is 5.91 Å². The maximum Gasteiger partial charge on any atom is 0.227 e. The first-order chi connectivity index (χ1) is 9.61. The molecule has 0 spiro atoms. The topological polar surface area (TPSA) is 58.4 Å². The normalized spacial score (nSPS) is 20.9. The Kier molecular flexibility index (Phi) is 7.52. The SMILES string of the molecule is CCCC(CN)(CCC)C(=O)NC1CCCN(CC)C1. The van der Waals surface area contributed by atoms with Gasteiger partial charge in [-0.1, -0.05) is 33.6 Å². The van der Waals surface area contributed by atoms with Crippen molar-refractivity contribution < 1.29 is 4.79 Å². The minimum Gasteiger partial charge on any atom is -0.352 e. The van der Waals surface area contributed by atoms with E-state index in [0.717, 1.165) is 51.7 Å². The summed E-state index contributed by atoms with van der Waals surface area (Å²) in [6, 6.07) is 0.302. The van der Waals surface area contributed by atoms with Gasteiger partial charge in [0.25, 0.3) is 0 Å². The van der Waals surface area contributed by atoms with Crippen molar-refractivity contribution in [2.45, 2.75) is 65.3 Å². The van der Waals surface area contributed by atoms with E-state index in [2.05, 4.69) is 31.0 Å². The van der Waals surface area contributed by atoms with Crippen molar-refractivity contribution in [2.75, 3.05) is 26.2 Å². The van der Waals surface area contributed by atoms with Gasteiger partial charge in [0.1, 0.15) is 0 Å². The largest absolute Gasteiger partial charge is 0.352 e. The van der Waals surface area contributed by atoms with Crippen molar-refractivity contribution in [1.82, 2.24) is 10.2 Å². The first-order valence-electron chi connectivity index (χ1n) is 8.35. The summed E-state index contributed by atoms with van der Waals surface area (Å²) in [6.45, 7) is 10.1. The van der Waals surface area contributed by atoms with E-state index in [1.54, 1.807) is 0 Å². The maximum absolute atomic E-state index is 12.7. The van der Waals surface area contributed by atoms with Crippen LogP contribution in [0.4, 0.5) is 0 Å². The summed E-state index contributed by atoms with van der Waals surface area (Å²) < 4.78 is 0. The maximum atomic E-state index is 12.7. The Labute approximate surface area is 124 Å². The molecule has 4 nitrogen and oxygen atoms in total. The van der Waals surface area contributed by atoms with Crippen LogP contribution in [0.15, 0.2) is 0 Å². The van der Waals surface area contributed by atoms with Crippen LogP contribution in [0.5, 0.6) is 0 Å². The molecule has 0 saturated carbocycles. The molecule has 1 fully saturated rings. The van der Waals surface area contributed by atoms with E-state index in [1.165, 1.54) is 6.42 Å². The van der Waals surface area contributed by atoms with Gasteiger partial charge < -0.3 is 16.0 Å². The third-order valence-electron chi connectivity index (χ3n) is 4.62. The lowest BCUT2D eigenvalue weighted by Crippen LogP contribution is -2.53. The number of amides is 1. The molecule has 20 heavy (non-hydrogen) atoms. The highest BCUT2D eigenvalue weighted by Crippen LogP contribution is 2.29. The second kappa shape index (κ2) is 8.63. The molecule has 0 radical (unpaired) electrons. The summed E-state index contributed by atoms with van der Waals surface area (Å²) in [5.41, 5.74) is 5.62. The molecule has 0 aliphatic carbocycles. The molecule has 1 atom stereocenters. The number of piperidine rings is 1. The Hall–Kier alpha value is -0.610. The lowest BCUT2D eigenvalue weighted by molar-refractivity contribution is -0.132. The van der Waals surface area contributed by atoms with E-state index in [-0.39, 0.29) is 11.3 Å². The number of nitrogens with one attached hydrogen (secondary N) is 1. The zero-order chi connectivity index (χ0) is 15.0. The van der Waals surface area contributed by atoms with Crippen LogP contribution < -0.4 is 11.1 Å². The van der Waals surface area contributed by atoms with Crippen LogP contribution >= 0.6 is 0 Å². The summed E-state index contributed by atoms with van der Waals surface area (Å²) in [7, 11) is 0. The van der Waals surface area contributed by atoms with Gasteiger partial charge in [0.2, 0.25) is 5.91 Å². The summed E-state index contributed by atoms with van der Waals surface area (Å²) in [5, 5.41) is 3.28.